The van der Waals surface area contributed by atoms with Crippen LogP contribution in [0, 0.1) is 5.82 Å². The molecular formula is C29H39FN8O3. The molecule has 2 aromatic carbocycles. The van der Waals surface area contributed by atoms with Gasteiger partial charge in [0.25, 0.3) is 0 Å². The summed E-state index contributed by atoms with van der Waals surface area (Å²) >= 11 is 0. The zero-order chi connectivity index (χ0) is 28.7. The molecule has 4 rings (SSSR count). The fourth-order valence-electron chi connectivity index (χ4n) is 4.23. The number of amides is 1. The molecule has 2 heterocycles. The topological polar surface area (TPSA) is 140 Å². The minimum Gasteiger partial charge on any atom is -0.379 e. The first kappa shape index (κ1) is 30.1. The maximum atomic E-state index is 13.2. The van der Waals surface area contributed by atoms with Crippen molar-refractivity contribution >= 4 is 29.4 Å². The van der Waals surface area contributed by atoms with Gasteiger partial charge in [-0.25, -0.2) is 4.39 Å². The van der Waals surface area contributed by atoms with E-state index in [1.165, 1.54) is 12.1 Å². The van der Waals surface area contributed by atoms with Gasteiger partial charge in [0.1, 0.15) is 5.82 Å². The standard InChI is InChI=1S/C29H39FN8O3/c30-24-8-4-23(5-9-24)21-33-27-35-28(37-29(36-27)38-14-1-2-15-38)34-25-10-6-22(7-11-25)20-26(39)32-13-3-16-40-18-19-41-17-12-31/h4-11H,1-3,12-21,31H2,(H,32,39)(H2,33,34,35,36,37). The molecule has 12 heteroatoms. The van der Waals surface area contributed by atoms with Crippen molar-refractivity contribution in [2.45, 2.75) is 32.2 Å². The maximum absolute atomic E-state index is 13.2. The number of carbonyl (C=O) groups excluding carboxylic acids is 1. The van der Waals surface area contributed by atoms with E-state index in [2.05, 4.69) is 35.8 Å². The molecule has 0 spiro atoms. The Hall–Kier alpha value is -3.87. The highest BCUT2D eigenvalue weighted by atomic mass is 19.1. The predicted octanol–water partition coefficient (Wildman–Crippen LogP) is 3.01. The van der Waals surface area contributed by atoms with Gasteiger partial charge in [-0.3, -0.25) is 4.79 Å². The number of anilines is 4. The van der Waals surface area contributed by atoms with Crippen LogP contribution in [0.15, 0.2) is 48.5 Å². The van der Waals surface area contributed by atoms with Crippen molar-refractivity contribution in [3.8, 4) is 0 Å². The van der Waals surface area contributed by atoms with Crippen LogP contribution < -0.4 is 26.6 Å². The molecule has 1 aromatic heterocycles. The van der Waals surface area contributed by atoms with E-state index in [-0.39, 0.29) is 18.1 Å². The second kappa shape index (κ2) is 16.4. The van der Waals surface area contributed by atoms with Crippen LogP contribution in [-0.2, 0) is 27.2 Å². The molecule has 5 N–H and O–H groups in total. The summed E-state index contributed by atoms with van der Waals surface area (Å²) in [7, 11) is 0. The molecule has 41 heavy (non-hydrogen) atoms. The van der Waals surface area contributed by atoms with Crippen LogP contribution in [-0.4, -0.2) is 73.5 Å². The molecule has 11 nitrogen and oxygen atoms in total. The van der Waals surface area contributed by atoms with Crippen LogP contribution >= 0.6 is 0 Å². The Morgan fingerprint density at radius 2 is 1.56 bits per heavy atom. The van der Waals surface area contributed by atoms with Gasteiger partial charge in [0.05, 0.1) is 26.2 Å². The van der Waals surface area contributed by atoms with Crippen molar-refractivity contribution in [1.29, 1.82) is 0 Å². The van der Waals surface area contributed by atoms with E-state index in [0.29, 0.717) is 63.9 Å². The highest BCUT2D eigenvalue weighted by Gasteiger charge is 2.18. The molecule has 220 valence electrons. The Morgan fingerprint density at radius 1 is 0.878 bits per heavy atom. The van der Waals surface area contributed by atoms with Crippen LogP contribution in [0.4, 0.5) is 27.9 Å². The molecule has 1 amide bonds. The van der Waals surface area contributed by atoms with Gasteiger partial charge in [-0.2, -0.15) is 15.0 Å². The third-order valence-corrected chi connectivity index (χ3v) is 6.37. The summed E-state index contributed by atoms with van der Waals surface area (Å²) in [6.45, 7) is 5.45. The lowest BCUT2D eigenvalue weighted by molar-refractivity contribution is -0.120. The average Bonchev–Trinajstić information content (AvgIpc) is 3.52. The van der Waals surface area contributed by atoms with Gasteiger partial charge in [-0.15, -0.1) is 0 Å². The summed E-state index contributed by atoms with van der Waals surface area (Å²) in [4.78, 5) is 28.3. The van der Waals surface area contributed by atoms with Gasteiger partial charge in [-0.05, 0) is 54.7 Å². The monoisotopic (exact) mass is 566 g/mol. The van der Waals surface area contributed by atoms with Gasteiger partial charge in [0.2, 0.25) is 23.8 Å². The van der Waals surface area contributed by atoms with Crippen molar-refractivity contribution < 1.29 is 18.7 Å². The van der Waals surface area contributed by atoms with Gasteiger partial charge in [0.15, 0.2) is 0 Å². The summed E-state index contributed by atoms with van der Waals surface area (Å²) in [5.41, 5.74) is 7.97. The zero-order valence-electron chi connectivity index (χ0n) is 23.3. The molecule has 1 fully saturated rings. The lowest BCUT2D eigenvalue weighted by atomic mass is 10.1. The quantitative estimate of drug-likeness (QED) is 0.180. The number of aromatic nitrogens is 3. The third kappa shape index (κ3) is 10.6. The van der Waals surface area contributed by atoms with Crippen LogP contribution in [0.5, 0.6) is 0 Å². The Bertz CT molecular complexity index is 1210. The van der Waals surface area contributed by atoms with E-state index in [9.17, 15) is 9.18 Å². The first-order chi connectivity index (χ1) is 20.1. The third-order valence-electron chi connectivity index (χ3n) is 6.37. The zero-order valence-corrected chi connectivity index (χ0v) is 23.3. The first-order valence-electron chi connectivity index (χ1n) is 14.1. The lowest BCUT2D eigenvalue weighted by Gasteiger charge is -2.17. The van der Waals surface area contributed by atoms with Gasteiger partial charge in [0, 0.05) is 45.0 Å². The second-order valence-electron chi connectivity index (χ2n) is 9.67. The fourth-order valence-corrected chi connectivity index (χ4v) is 4.23. The first-order valence-corrected chi connectivity index (χ1v) is 14.1. The van der Waals surface area contributed by atoms with E-state index in [1.807, 2.05) is 24.3 Å². The smallest absolute Gasteiger partial charge is 0.233 e. The Morgan fingerprint density at radius 3 is 2.29 bits per heavy atom. The number of ether oxygens (including phenoxy) is 2. The van der Waals surface area contributed by atoms with Crippen molar-refractivity contribution in [3.05, 3.63) is 65.5 Å². The summed E-state index contributed by atoms with van der Waals surface area (Å²) < 4.78 is 24.0. The van der Waals surface area contributed by atoms with Gasteiger partial charge >= 0.3 is 0 Å². The molecule has 0 atom stereocenters. The van der Waals surface area contributed by atoms with E-state index in [0.717, 1.165) is 49.2 Å². The van der Waals surface area contributed by atoms with Gasteiger partial charge in [-0.1, -0.05) is 24.3 Å². The Labute approximate surface area is 240 Å². The number of nitrogens with two attached hydrogens (primary N) is 1. The molecular weight excluding hydrogens is 527 g/mol. The number of nitrogens with one attached hydrogen (secondary N) is 3. The van der Waals surface area contributed by atoms with E-state index in [1.54, 1.807) is 12.1 Å². The van der Waals surface area contributed by atoms with E-state index in [4.69, 9.17) is 15.2 Å². The van der Waals surface area contributed by atoms with Crippen LogP contribution in [0.2, 0.25) is 0 Å². The molecule has 1 aliphatic rings. The number of halogens is 1. The second-order valence-corrected chi connectivity index (χ2v) is 9.67. The number of hydrogen-bond donors (Lipinski definition) is 4. The molecule has 1 aliphatic heterocycles. The summed E-state index contributed by atoms with van der Waals surface area (Å²) in [6.07, 6.45) is 3.22. The number of hydrogen-bond acceptors (Lipinski definition) is 10. The lowest BCUT2D eigenvalue weighted by Crippen LogP contribution is -2.27. The fraction of sp³-hybridized carbons (Fsp3) is 0.448. The maximum Gasteiger partial charge on any atom is 0.233 e. The minimum absolute atomic E-state index is 0.0402. The molecule has 0 saturated carbocycles. The Balaban J connectivity index is 1.26. The predicted molar refractivity (Wildman–Crippen MR) is 157 cm³/mol. The molecule has 0 bridgehead atoms. The van der Waals surface area contributed by atoms with Crippen molar-refractivity contribution in [2.75, 3.05) is 68.1 Å². The highest BCUT2D eigenvalue weighted by Crippen LogP contribution is 2.21. The average molecular weight is 567 g/mol. The molecule has 0 radical (unpaired) electrons. The van der Waals surface area contributed by atoms with Crippen LogP contribution in [0.25, 0.3) is 0 Å². The van der Waals surface area contributed by atoms with Gasteiger partial charge < -0.3 is 36.1 Å². The van der Waals surface area contributed by atoms with Crippen molar-refractivity contribution in [3.63, 3.8) is 0 Å². The van der Waals surface area contributed by atoms with E-state index >= 15 is 0 Å². The minimum atomic E-state index is -0.273. The van der Waals surface area contributed by atoms with E-state index < -0.39 is 0 Å². The highest BCUT2D eigenvalue weighted by molar-refractivity contribution is 5.78. The van der Waals surface area contributed by atoms with Crippen molar-refractivity contribution in [1.82, 2.24) is 20.3 Å². The largest absolute Gasteiger partial charge is 0.379 e. The SMILES string of the molecule is NCCOCCOCCCNC(=O)Cc1ccc(Nc2nc(NCc3ccc(F)cc3)nc(N3CCCC3)n2)cc1. The summed E-state index contributed by atoms with van der Waals surface area (Å²) in [5, 5.41) is 9.40. The number of carbonyl (C=O) groups is 1. The molecule has 1 saturated heterocycles. The molecule has 3 aromatic rings. The molecule has 0 aliphatic carbocycles. The van der Waals surface area contributed by atoms with Crippen molar-refractivity contribution in [2.24, 2.45) is 5.73 Å². The molecule has 0 unspecified atom stereocenters. The number of rotatable bonds is 17. The summed E-state index contributed by atoms with van der Waals surface area (Å²) in [6, 6.07) is 13.9. The Kier molecular flexibility index (Phi) is 12.0. The number of benzene rings is 2. The summed E-state index contributed by atoms with van der Waals surface area (Å²) in [5.74, 6) is 1.15. The van der Waals surface area contributed by atoms with Crippen LogP contribution in [0.1, 0.15) is 30.4 Å². The number of nitrogens with zero attached hydrogens (tertiary/aromatic N) is 4. The van der Waals surface area contributed by atoms with Crippen LogP contribution in [0.3, 0.4) is 0 Å². The normalized spacial score (nSPS) is 12.9.